The van der Waals surface area contributed by atoms with E-state index < -0.39 is 0 Å². The number of piperidine rings is 1. The fraction of sp³-hybridized carbons (Fsp3) is 0.750. The third-order valence-corrected chi connectivity index (χ3v) is 5.62. The number of aliphatic hydroxyl groups excluding tert-OH is 2. The summed E-state index contributed by atoms with van der Waals surface area (Å²) in [6, 6.07) is 0. The monoisotopic (exact) mass is 732 g/mol. The van der Waals surface area contributed by atoms with E-state index in [1.807, 2.05) is 18.4 Å². The van der Waals surface area contributed by atoms with Gasteiger partial charge in [0.05, 0.1) is 0 Å². The second-order valence-electron chi connectivity index (χ2n) is 8.25. The first-order chi connectivity index (χ1) is 15.5. The molecule has 2 heterocycles. The van der Waals surface area contributed by atoms with E-state index in [1.165, 1.54) is 0 Å². The summed E-state index contributed by atoms with van der Waals surface area (Å²) in [6.45, 7) is 7.71. The minimum absolute atomic E-state index is 0. The van der Waals surface area contributed by atoms with Gasteiger partial charge in [0.1, 0.15) is 0 Å². The summed E-state index contributed by atoms with van der Waals surface area (Å²) in [5.74, 6) is 0.856. The van der Waals surface area contributed by atoms with Crippen molar-refractivity contribution in [1.82, 2.24) is 10.6 Å². The largest absolute Gasteiger partial charge is 2.00 e. The molecule has 0 radical (unpaired) electrons. The van der Waals surface area contributed by atoms with Gasteiger partial charge in [0.15, 0.2) is 0 Å². The molecule has 2 aliphatic heterocycles. The van der Waals surface area contributed by atoms with E-state index in [2.05, 4.69) is 21.3 Å². The Kier molecular flexibility index (Phi) is 38.3. The molecule has 11 nitrogen and oxygen atoms in total. The number of aliphatic hydroxyl groups is 2. The number of rotatable bonds is 6. The maximum atomic E-state index is 12.4. The Morgan fingerprint density at radius 1 is 0.946 bits per heavy atom. The fourth-order valence-corrected chi connectivity index (χ4v) is 3.95. The molecule has 2 amide bonds. The van der Waals surface area contributed by atoms with Crippen LogP contribution in [0.25, 0.3) is 16.8 Å². The van der Waals surface area contributed by atoms with E-state index in [9.17, 15) is 9.59 Å². The smallest absolute Gasteiger partial charge is 0.693 e. The average Bonchev–Trinajstić information content (AvgIpc) is 2.83. The van der Waals surface area contributed by atoms with Crippen LogP contribution in [0.5, 0.6) is 0 Å². The Labute approximate surface area is 263 Å². The van der Waals surface area contributed by atoms with Gasteiger partial charge in [-0.05, 0) is 45.4 Å². The van der Waals surface area contributed by atoms with Crippen molar-refractivity contribution < 1.29 is 85.4 Å². The number of nitrogens with two attached hydrogens (primary N) is 1. The first-order valence-corrected chi connectivity index (χ1v) is 12.0. The number of nitrogens with one attached hydrogen (secondary N) is 2. The van der Waals surface area contributed by atoms with Crippen LogP contribution in [0.3, 0.4) is 0 Å². The summed E-state index contributed by atoms with van der Waals surface area (Å²) in [4.78, 5) is 24.7. The topological polar surface area (TPSA) is 226 Å². The molecule has 0 aromatic carbocycles. The third-order valence-electron chi connectivity index (χ3n) is 5.62. The molecule has 12 N–H and O–H groups in total. The molecule has 0 aromatic heterocycles. The molecule has 0 bridgehead atoms. The maximum Gasteiger partial charge on any atom is 2.00 e. The second-order valence-corrected chi connectivity index (χ2v) is 8.25. The van der Waals surface area contributed by atoms with Crippen LogP contribution in [0.2, 0.25) is 0 Å². The quantitative estimate of drug-likeness (QED) is 0.236. The summed E-state index contributed by atoms with van der Waals surface area (Å²) in [5.41, 5.74) is 1.03. The van der Waals surface area contributed by atoms with Crippen molar-refractivity contribution in [3.05, 3.63) is 40.7 Å². The molecule has 3 rings (SSSR count). The van der Waals surface area contributed by atoms with Crippen molar-refractivity contribution in [2.75, 3.05) is 45.9 Å². The van der Waals surface area contributed by atoms with Crippen LogP contribution in [0, 0.1) is 17.8 Å². The number of hydrogen-bond donors (Lipinski definition) is 4. The molecule has 0 aromatic rings. The summed E-state index contributed by atoms with van der Waals surface area (Å²) in [7, 11) is 0. The van der Waals surface area contributed by atoms with Crippen LogP contribution in [0.15, 0.2) is 23.9 Å². The van der Waals surface area contributed by atoms with Gasteiger partial charge >= 0.3 is 54.6 Å². The molecule has 3 aliphatic rings. The summed E-state index contributed by atoms with van der Waals surface area (Å²) in [6.07, 6.45) is 11.3. The molecular weight excluding hydrogens is 679 g/mol. The van der Waals surface area contributed by atoms with E-state index in [-0.39, 0.29) is 109 Å². The average molecular weight is 730 g/mol. The van der Waals surface area contributed by atoms with E-state index in [0.29, 0.717) is 12.5 Å². The summed E-state index contributed by atoms with van der Waals surface area (Å²) >= 11 is 0. The number of carbonyl (C=O) groups excluding carboxylic acids is 2. The van der Waals surface area contributed by atoms with Gasteiger partial charge in [-0.2, -0.15) is 6.20 Å². The van der Waals surface area contributed by atoms with Crippen molar-refractivity contribution in [1.29, 1.82) is 0 Å². The molecule has 208 valence electrons. The Bertz CT molecular complexity index is 598. The predicted molar refractivity (Wildman–Crippen MR) is 143 cm³/mol. The Morgan fingerprint density at radius 3 is 1.89 bits per heavy atom. The van der Waals surface area contributed by atoms with Gasteiger partial charge in [-0.3, -0.25) is 9.59 Å². The van der Waals surface area contributed by atoms with Gasteiger partial charge < -0.3 is 48.6 Å². The minimum atomic E-state index is 0. The molecule has 37 heavy (non-hydrogen) atoms. The van der Waals surface area contributed by atoms with Crippen LogP contribution in [-0.2, 0) is 75.1 Å². The van der Waals surface area contributed by atoms with Crippen molar-refractivity contribution in [2.45, 2.75) is 52.4 Å². The van der Waals surface area contributed by atoms with Crippen molar-refractivity contribution in [3.63, 3.8) is 0 Å². The predicted octanol–water partition coefficient (Wildman–Crippen LogP) is 1.50. The van der Waals surface area contributed by atoms with Crippen LogP contribution in [-0.4, -0.2) is 68.0 Å². The van der Waals surface area contributed by atoms with Crippen LogP contribution >= 0.6 is 0 Å². The molecule has 0 spiro atoms. The van der Waals surface area contributed by atoms with Gasteiger partial charge in [0, 0.05) is 38.1 Å². The van der Waals surface area contributed by atoms with Gasteiger partial charge in [-0.1, -0.05) is 24.5 Å². The Balaban J connectivity index is -0.000000284. The first kappa shape index (κ1) is 46.7. The zero-order valence-electron chi connectivity index (χ0n) is 22.9. The summed E-state index contributed by atoms with van der Waals surface area (Å²) in [5, 5.41) is 29.9. The second kappa shape index (κ2) is 30.4. The molecule has 1 saturated heterocycles. The Morgan fingerprint density at radius 2 is 1.46 bits per heavy atom. The van der Waals surface area contributed by atoms with Crippen molar-refractivity contribution >= 4 is 11.8 Å². The van der Waals surface area contributed by atoms with E-state index in [4.69, 9.17) is 10.2 Å². The molecule has 13 heteroatoms. The molecule has 1 atom stereocenters. The summed E-state index contributed by atoms with van der Waals surface area (Å²) < 4.78 is 0. The molecule has 2 fully saturated rings. The SMILES string of the molecule is CCO.CCO.O=C(NCC1=C[N-]CC=C1)C1CCC(C(=O)NCC2CCC[N-]C2)CC1.[Cd+2].[Cd+2].[NH2-].[OH3+].[OH3+]. The van der Waals surface area contributed by atoms with Crippen molar-refractivity contribution in [3.8, 4) is 0 Å². The van der Waals surface area contributed by atoms with Gasteiger partial charge in [-0.25, -0.2) is 0 Å². The van der Waals surface area contributed by atoms with Gasteiger partial charge in [-0.15, -0.1) is 25.7 Å². The molecule has 1 aliphatic carbocycles. The standard InChI is InChI=1S/C20H30N4O2.2C2H6O.2Cd.H2N.2H2O/c25-19(23-13-15-3-1-9-21-11-15)17-5-7-18(8-6-17)20(26)24-14-16-4-2-10-22-12-16;2*1-2-3;;;;;/h1,3,11,16-18H,2,4-10,12-14H2,(H,23,25)(H,24,26);2*3H,2H2,1H3;;;3*1H2/q-2;;;2*+2;-1;;/p+2. The minimum Gasteiger partial charge on any atom is -0.693 e. The maximum absolute atomic E-state index is 12.4. The van der Waals surface area contributed by atoms with Gasteiger partial charge in [0.25, 0.3) is 0 Å². The molecule has 1 unspecified atom stereocenters. The normalized spacial score (nSPS) is 21.1. The fourth-order valence-electron chi connectivity index (χ4n) is 3.95. The van der Waals surface area contributed by atoms with E-state index in [1.54, 1.807) is 13.8 Å². The molecule has 1 saturated carbocycles. The molecular formula is C24H50Cd2N5O6+3. The van der Waals surface area contributed by atoms with Crippen LogP contribution < -0.4 is 10.6 Å². The number of hydrogen-bond acceptors (Lipinski definition) is 4. The Hall–Kier alpha value is -0.176. The zero-order valence-corrected chi connectivity index (χ0v) is 31.0. The number of carbonyl (C=O) groups is 2. The number of amides is 2. The van der Waals surface area contributed by atoms with Crippen LogP contribution in [0.4, 0.5) is 0 Å². The number of nitrogens with zero attached hydrogens (tertiary/aromatic N) is 2. The third kappa shape index (κ3) is 21.3. The zero-order chi connectivity index (χ0) is 23.6. The van der Waals surface area contributed by atoms with Crippen molar-refractivity contribution in [2.24, 2.45) is 17.8 Å². The van der Waals surface area contributed by atoms with Crippen LogP contribution in [0.1, 0.15) is 52.4 Å². The first-order valence-electron chi connectivity index (χ1n) is 12.0. The van der Waals surface area contributed by atoms with E-state index >= 15 is 0 Å². The van der Waals surface area contributed by atoms with Gasteiger partial charge in [0.2, 0.25) is 11.8 Å². The van der Waals surface area contributed by atoms with E-state index in [0.717, 1.165) is 70.3 Å².